The van der Waals surface area contributed by atoms with Crippen molar-refractivity contribution in [1.82, 2.24) is 25.0 Å². The lowest BCUT2D eigenvalue weighted by Gasteiger charge is -2.42. The van der Waals surface area contributed by atoms with E-state index in [4.69, 9.17) is 0 Å². The van der Waals surface area contributed by atoms with Gasteiger partial charge in [0.1, 0.15) is 0 Å². The molecule has 1 unspecified atom stereocenters. The molecule has 0 radical (unpaired) electrons. The number of rotatable bonds is 6. The summed E-state index contributed by atoms with van der Waals surface area (Å²) in [5.41, 5.74) is 1.05. The molecule has 1 atom stereocenters. The van der Waals surface area contributed by atoms with Gasteiger partial charge in [0.05, 0.1) is 21.8 Å². The predicted molar refractivity (Wildman–Crippen MR) is 115 cm³/mol. The molecule has 152 valence electrons. The Bertz CT molecular complexity index is 753. The van der Waals surface area contributed by atoms with Crippen LogP contribution in [0.2, 0.25) is 0 Å². The lowest BCUT2D eigenvalue weighted by Crippen LogP contribution is -2.55. The highest BCUT2D eigenvalue weighted by Gasteiger charge is 2.27. The first-order valence-electron chi connectivity index (χ1n) is 10.4. The Morgan fingerprint density at radius 3 is 2.82 bits per heavy atom. The number of carbonyl (C=O) groups is 1. The van der Waals surface area contributed by atoms with Crippen molar-refractivity contribution in [3.8, 4) is 0 Å². The summed E-state index contributed by atoms with van der Waals surface area (Å²) in [5, 5.41) is 4.16. The number of hydrogen-bond donors (Lipinski definition) is 1. The number of para-hydroxylation sites is 1. The van der Waals surface area contributed by atoms with Crippen molar-refractivity contribution in [3.63, 3.8) is 0 Å². The lowest BCUT2D eigenvalue weighted by atomic mass is 10.0. The molecule has 1 N–H and O–H groups in total. The number of piperazine rings is 1. The zero-order valence-electron chi connectivity index (χ0n) is 16.8. The van der Waals surface area contributed by atoms with E-state index in [2.05, 4.69) is 38.1 Å². The Morgan fingerprint density at radius 1 is 1.21 bits per heavy atom. The maximum Gasteiger partial charge on any atom is 0.234 e. The zero-order chi connectivity index (χ0) is 19.3. The quantitative estimate of drug-likeness (QED) is 0.798. The zero-order valence-corrected chi connectivity index (χ0v) is 17.6. The third-order valence-corrected chi connectivity index (χ3v) is 6.99. The van der Waals surface area contributed by atoms with Gasteiger partial charge in [-0.15, -0.1) is 11.3 Å². The molecule has 3 heterocycles. The number of nitrogens with one attached hydrogen (secondary N) is 1. The smallest absolute Gasteiger partial charge is 0.234 e. The monoisotopic (exact) mass is 401 g/mol. The van der Waals surface area contributed by atoms with Crippen molar-refractivity contribution >= 4 is 27.5 Å². The second-order valence-corrected chi connectivity index (χ2v) is 9.16. The molecule has 2 aliphatic rings. The van der Waals surface area contributed by atoms with E-state index in [1.54, 1.807) is 11.3 Å². The van der Waals surface area contributed by atoms with Gasteiger partial charge < -0.3 is 10.2 Å². The molecule has 1 aromatic carbocycles. The number of piperidine rings is 1. The third kappa shape index (κ3) is 5.08. The van der Waals surface area contributed by atoms with Crippen molar-refractivity contribution < 1.29 is 4.79 Å². The molecule has 0 bridgehead atoms. The standard InChI is InChI=1S/C21H31N5OS/c1-24-10-4-5-17(15-24)26-13-11-25(12-14-26)16-20(27)22-9-8-21-23-18-6-2-3-7-19(18)28-21/h2-3,6-7,17H,4-5,8-16H2,1H3,(H,22,27). The molecule has 0 spiro atoms. The average molecular weight is 402 g/mol. The van der Waals surface area contributed by atoms with Gasteiger partial charge in [0.25, 0.3) is 0 Å². The highest BCUT2D eigenvalue weighted by Crippen LogP contribution is 2.21. The fourth-order valence-electron chi connectivity index (χ4n) is 4.32. The average Bonchev–Trinajstić information content (AvgIpc) is 3.11. The van der Waals surface area contributed by atoms with Crippen LogP contribution in [0.1, 0.15) is 17.8 Å². The van der Waals surface area contributed by atoms with E-state index in [0.717, 1.165) is 43.1 Å². The molecule has 1 amide bonds. The van der Waals surface area contributed by atoms with E-state index in [9.17, 15) is 4.79 Å². The van der Waals surface area contributed by atoms with Crippen molar-refractivity contribution in [2.75, 3.05) is 59.4 Å². The van der Waals surface area contributed by atoms with Crippen molar-refractivity contribution in [2.45, 2.75) is 25.3 Å². The van der Waals surface area contributed by atoms with E-state index in [0.29, 0.717) is 19.1 Å². The largest absolute Gasteiger partial charge is 0.355 e. The molecule has 2 aromatic rings. The van der Waals surface area contributed by atoms with Crippen LogP contribution in [-0.4, -0.2) is 91.0 Å². The number of nitrogens with zero attached hydrogens (tertiary/aromatic N) is 4. The summed E-state index contributed by atoms with van der Waals surface area (Å²) < 4.78 is 1.21. The first kappa shape index (κ1) is 19.8. The summed E-state index contributed by atoms with van der Waals surface area (Å²) in [7, 11) is 2.22. The van der Waals surface area contributed by atoms with E-state index < -0.39 is 0 Å². The van der Waals surface area contributed by atoms with Gasteiger partial charge in [-0.3, -0.25) is 14.6 Å². The molecule has 2 saturated heterocycles. The number of hydrogen-bond acceptors (Lipinski definition) is 6. The molecule has 7 heteroatoms. The molecule has 0 aliphatic carbocycles. The summed E-state index contributed by atoms with van der Waals surface area (Å²) in [4.78, 5) is 24.3. The number of thiazole rings is 1. The number of aromatic nitrogens is 1. The minimum atomic E-state index is 0.131. The Hall–Kier alpha value is -1.54. The number of likely N-dealkylation sites (N-methyl/N-ethyl adjacent to an activating group) is 1. The van der Waals surface area contributed by atoms with Gasteiger partial charge in [-0.2, -0.15) is 0 Å². The highest BCUT2D eigenvalue weighted by molar-refractivity contribution is 7.18. The number of fused-ring (bicyclic) bond motifs is 1. The Morgan fingerprint density at radius 2 is 2.04 bits per heavy atom. The van der Waals surface area contributed by atoms with E-state index >= 15 is 0 Å². The second-order valence-electron chi connectivity index (χ2n) is 8.05. The normalized spacial score (nSPS) is 22.5. The molecule has 4 rings (SSSR count). The van der Waals surface area contributed by atoms with Crippen LogP contribution in [0.3, 0.4) is 0 Å². The minimum absolute atomic E-state index is 0.131. The molecule has 0 saturated carbocycles. The van der Waals surface area contributed by atoms with E-state index in [1.165, 1.54) is 30.6 Å². The molecular weight excluding hydrogens is 370 g/mol. The maximum absolute atomic E-state index is 12.3. The van der Waals surface area contributed by atoms with Gasteiger partial charge in [0.15, 0.2) is 0 Å². The van der Waals surface area contributed by atoms with Crippen LogP contribution >= 0.6 is 11.3 Å². The van der Waals surface area contributed by atoms with Crippen LogP contribution in [-0.2, 0) is 11.2 Å². The summed E-state index contributed by atoms with van der Waals surface area (Å²) >= 11 is 1.72. The molecule has 1 aromatic heterocycles. The molecule has 2 fully saturated rings. The number of likely N-dealkylation sites (tertiary alicyclic amines) is 1. The summed E-state index contributed by atoms with van der Waals surface area (Å²) in [6.45, 7) is 7.73. The fraction of sp³-hybridized carbons (Fsp3) is 0.619. The van der Waals surface area contributed by atoms with Gasteiger partial charge >= 0.3 is 0 Å². The SMILES string of the molecule is CN1CCCC(N2CCN(CC(=O)NCCc3nc4ccccc4s3)CC2)C1. The van der Waals surface area contributed by atoms with Crippen LogP contribution in [0.4, 0.5) is 0 Å². The van der Waals surface area contributed by atoms with Crippen molar-refractivity contribution in [2.24, 2.45) is 0 Å². The first-order valence-corrected chi connectivity index (χ1v) is 11.2. The van der Waals surface area contributed by atoms with Gasteiger partial charge in [-0.25, -0.2) is 4.98 Å². The number of benzene rings is 1. The summed E-state index contributed by atoms with van der Waals surface area (Å²) in [5.74, 6) is 0.131. The molecule has 28 heavy (non-hydrogen) atoms. The second kappa shape index (κ2) is 9.31. The first-order chi connectivity index (χ1) is 13.7. The highest BCUT2D eigenvalue weighted by atomic mass is 32.1. The topological polar surface area (TPSA) is 51.7 Å². The van der Waals surface area contributed by atoms with E-state index in [1.807, 2.05) is 18.2 Å². The Kier molecular flexibility index (Phi) is 6.57. The van der Waals surface area contributed by atoms with Gasteiger partial charge in [0.2, 0.25) is 5.91 Å². The lowest BCUT2D eigenvalue weighted by molar-refractivity contribution is -0.122. The van der Waals surface area contributed by atoms with Crippen molar-refractivity contribution in [3.05, 3.63) is 29.3 Å². The van der Waals surface area contributed by atoms with Crippen molar-refractivity contribution in [1.29, 1.82) is 0 Å². The minimum Gasteiger partial charge on any atom is -0.355 e. The van der Waals surface area contributed by atoms with Gasteiger partial charge in [-0.05, 0) is 38.6 Å². The predicted octanol–water partition coefficient (Wildman–Crippen LogP) is 1.67. The fourth-order valence-corrected chi connectivity index (χ4v) is 5.29. The van der Waals surface area contributed by atoms with Crippen LogP contribution < -0.4 is 5.32 Å². The maximum atomic E-state index is 12.3. The molecule has 6 nitrogen and oxygen atoms in total. The van der Waals surface area contributed by atoms with Crippen LogP contribution in [0.5, 0.6) is 0 Å². The number of amides is 1. The van der Waals surface area contributed by atoms with Gasteiger partial charge in [0, 0.05) is 51.7 Å². The third-order valence-electron chi connectivity index (χ3n) is 5.89. The van der Waals surface area contributed by atoms with E-state index in [-0.39, 0.29) is 5.91 Å². The molecular formula is C21H31N5OS. The summed E-state index contributed by atoms with van der Waals surface area (Å²) in [6.07, 6.45) is 3.42. The van der Waals surface area contributed by atoms with Crippen LogP contribution in [0.15, 0.2) is 24.3 Å². The Balaban J connectivity index is 1.15. The number of carbonyl (C=O) groups excluding carboxylic acids is 1. The summed E-state index contributed by atoms with van der Waals surface area (Å²) in [6, 6.07) is 8.89. The Labute approximate surface area is 171 Å². The molecule has 2 aliphatic heterocycles. The van der Waals surface area contributed by atoms with Crippen LogP contribution in [0.25, 0.3) is 10.2 Å². The van der Waals surface area contributed by atoms with Gasteiger partial charge in [-0.1, -0.05) is 12.1 Å². The van der Waals surface area contributed by atoms with Crippen LogP contribution in [0, 0.1) is 0 Å².